The largest absolute Gasteiger partial charge is 0.484 e. The van der Waals surface area contributed by atoms with Gasteiger partial charge in [0.1, 0.15) is 17.4 Å². The Bertz CT molecular complexity index is 985. The number of aromatic nitrogens is 1. The minimum Gasteiger partial charge on any atom is -0.484 e. The van der Waals surface area contributed by atoms with Gasteiger partial charge in [0.2, 0.25) is 0 Å². The lowest BCUT2D eigenvalue weighted by atomic mass is 10.1. The molecule has 0 fully saturated rings. The summed E-state index contributed by atoms with van der Waals surface area (Å²) in [5.74, 6) is 0.0379. The van der Waals surface area contributed by atoms with Gasteiger partial charge in [-0.25, -0.2) is 9.37 Å². The molecule has 0 saturated carbocycles. The molecule has 0 N–H and O–H groups in total. The maximum atomic E-state index is 14.3. The molecule has 0 spiro atoms. The predicted molar refractivity (Wildman–Crippen MR) is 113 cm³/mol. The number of ether oxygens (including phenoxy) is 1. The van der Waals surface area contributed by atoms with Crippen molar-refractivity contribution in [1.29, 1.82) is 0 Å². The number of amides is 1. The van der Waals surface area contributed by atoms with Gasteiger partial charge in [-0.1, -0.05) is 35.3 Å². The lowest BCUT2D eigenvalue weighted by molar-refractivity contribution is -0.120. The number of anilines is 1. The van der Waals surface area contributed by atoms with Gasteiger partial charge in [-0.3, -0.25) is 9.69 Å². The van der Waals surface area contributed by atoms with Gasteiger partial charge >= 0.3 is 0 Å². The van der Waals surface area contributed by atoms with Crippen LogP contribution in [0.3, 0.4) is 0 Å². The van der Waals surface area contributed by atoms with Crippen molar-refractivity contribution in [3.63, 3.8) is 0 Å². The number of carbonyl (C=O) groups is 1. The van der Waals surface area contributed by atoms with Crippen LogP contribution in [0.2, 0.25) is 10.0 Å². The Morgan fingerprint density at radius 2 is 1.83 bits per heavy atom. The Morgan fingerprint density at radius 3 is 2.45 bits per heavy atom. The smallest absolute Gasteiger partial charge is 0.266 e. The van der Waals surface area contributed by atoms with Gasteiger partial charge in [0.15, 0.2) is 6.61 Å². The van der Waals surface area contributed by atoms with Gasteiger partial charge in [-0.15, -0.1) is 0 Å². The summed E-state index contributed by atoms with van der Waals surface area (Å²) in [5, 5.41) is 0.900. The van der Waals surface area contributed by atoms with Gasteiger partial charge in [0.05, 0.1) is 6.54 Å². The van der Waals surface area contributed by atoms with Gasteiger partial charge in [-0.05, 0) is 61.4 Å². The first kappa shape index (κ1) is 21.1. The molecule has 0 radical (unpaired) electrons. The summed E-state index contributed by atoms with van der Waals surface area (Å²) in [7, 11) is 0. The normalized spacial score (nSPS) is 10.7. The van der Waals surface area contributed by atoms with Crippen LogP contribution in [0.5, 0.6) is 5.75 Å². The molecule has 2 aromatic carbocycles. The van der Waals surface area contributed by atoms with E-state index in [1.807, 2.05) is 13.8 Å². The first-order valence-corrected chi connectivity index (χ1v) is 9.66. The van der Waals surface area contributed by atoms with Gasteiger partial charge in [0.25, 0.3) is 5.91 Å². The van der Waals surface area contributed by atoms with Crippen molar-refractivity contribution in [3.05, 3.63) is 87.3 Å². The van der Waals surface area contributed by atoms with E-state index in [0.717, 1.165) is 11.1 Å². The Balaban J connectivity index is 1.83. The average molecular weight is 433 g/mol. The van der Waals surface area contributed by atoms with Crippen LogP contribution in [0.15, 0.2) is 54.7 Å². The quantitative estimate of drug-likeness (QED) is 0.497. The zero-order valence-electron chi connectivity index (χ0n) is 16.0. The molecule has 0 aliphatic carbocycles. The predicted octanol–water partition coefficient (Wildman–Crippen LogP) is 5.76. The number of aryl methyl sites for hydroxylation is 2. The fourth-order valence-corrected chi connectivity index (χ4v) is 3.20. The molecule has 3 aromatic rings. The fraction of sp³-hybridized carbons (Fsp3) is 0.182. The zero-order chi connectivity index (χ0) is 21.0. The highest BCUT2D eigenvalue weighted by atomic mass is 35.5. The van der Waals surface area contributed by atoms with E-state index in [2.05, 4.69) is 4.98 Å². The van der Waals surface area contributed by atoms with Crippen LogP contribution in [0.25, 0.3) is 0 Å². The molecule has 0 bridgehead atoms. The third-order valence-corrected chi connectivity index (χ3v) is 5.33. The Labute approximate surface area is 178 Å². The summed E-state index contributed by atoms with van der Waals surface area (Å²) in [6, 6.07) is 13.1. The molecule has 1 amide bonds. The van der Waals surface area contributed by atoms with Gasteiger partial charge in [0, 0.05) is 21.8 Å². The van der Waals surface area contributed by atoms with E-state index in [-0.39, 0.29) is 29.6 Å². The zero-order valence-corrected chi connectivity index (χ0v) is 17.5. The van der Waals surface area contributed by atoms with E-state index in [1.54, 1.807) is 42.6 Å². The van der Waals surface area contributed by atoms with Crippen molar-refractivity contribution in [2.45, 2.75) is 20.4 Å². The number of benzene rings is 2. The van der Waals surface area contributed by atoms with Crippen LogP contribution in [-0.4, -0.2) is 17.5 Å². The molecule has 4 nitrogen and oxygen atoms in total. The van der Waals surface area contributed by atoms with E-state index in [9.17, 15) is 9.18 Å². The van der Waals surface area contributed by atoms with Gasteiger partial charge < -0.3 is 4.74 Å². The number of hydrogen-bond donors (Lipinski definition) is 0. The Kier molecular flexibility index (Phi) is 6.72. The lowest BCUT2D eigenvalue weighted by Gasteiger charge is -2.23. The van der Waals surface area contributed by atoms with Crippen molar-refractivity contribution >= 4 is 34.9 Å². The van der Waals surface area contributed by atoms with Crippen molar-refractivity contribution in [2.24, 2.45) is 0 Å². The Morgan fingerprint density at radius 1 is 1.10 bits per heavy atom. The molecule has 150 valence electrons. The second kappa shape index (κ2) is 9.25. The highest BCUT2D eigenvalue weighted by Gasteiger charge is 2.21. The summed E-state index contributed by atoms with van der Waals surface area (Å²) in [4.78, 5) is 18.5. The Hall–Kier alpha value is -2.63. The summed E-state index contributed by atoms with van der Waals surface area (Å²) >= 11 is 12.3. The highest BCUT2D eigenvalue weighted by Crippen LogP contribution is 2.27. The molecule has 7 heteroatoms. The first-order valence-electron chi connectivity index (χ1n) is 8.90. The molecule has 3 rings (SSSR count). The second-order valence-electron chi connectivity index (χ2n) is 6.53. The molecule has 0 saturated heterocycles. The van der Waals surface area contributed by atoms with E-state index in [4.69, 9.17) is 27.9 Å². The van der Waals surface area contributed by atoms with E-state index in [1.165, 1.54) is 17.0 Å². The molecule has 0 unspecified atom stereocenters. The molecule has 0 aliphatic rings. The summed E-state index contributed by atoms with van der Waals surface area (Å²) in [5.41, 5.74) is 1.93. The molecule has 1 heterocycles. The van der Waals surface area contributed by atoms with Crippen LogP contribution in [0.1, 0.15) is 16.7 Å². The van der Waals surface area contributed by atoms with Crippen LogP contribution < -0.4 is 9.64 Å². The fourth-order valence-electron chi connectivity index (χ4n) is 2.86. The van der Waals surface area contributed by atoms with Crippen molar-refractivity contribution in [3.8, 4) is 5.75 Å². The number of nitrogens with zero attached hydrogens (tertiary/aromatic N) is 2. The molecular formula is C22H19Cl2FN2O2. The summed E-state index contributed by atoms with van der Waals surface area (Å²) in [6.45, 7) is 3.42. The monoisotopic (exact) mass is 432 g/mol. The van der Waals surface area contributed by atoms with E-state index >= 15 is 0 Å². The molecule has 29 heavy (non-hydrogen) atoms. The second-order valence-corrected chi connectivity index (χ2v) is 7.31. The molecule has 0 atom stereocenters. The maximum Gasteiger partial charge on any atom is 0.266 e. The number of carbonyl (C=O) groups excluding carboxylic acids is 1. The van der Waals surface area contributed by atoms with Crippen LogP contribution in [-0.2, 0) is 11.3 Å². The van der Waals surface area contributed by atoms with Crippen LogP contribution in [0.4, 0.5) is 10.2 Å². The van der Waals surface area contributed by atoms with Gasteiger partial charge in [-0.2, -0.15) is 0 Å². The van der Waals surface area contributed by atoms with E-state index in [0.29, 0.717) is 16.6 Å². The minimum absolute atomic E-state index is 0.0661. The standard InChI is InChI=1S/C22H19Cl2FN2O2/c1-14-10-16(11-15(2)22(14)24)29-13-21(28)27(20-8-3-4-9-26-20)12-17-18(23)6-5-7-19(17)25/h3-11H,12-13H2,1-2H3. The third kappa shape index (κ3) is 5.05. The molecule has 0 aliphatic heterocycles. The van der Waals surface area contributed by atoms with Crippen molar-refractivity contribution in [1.82, 2.24) is 4.98 Å². The average Bonchev–Trinajstić information content (AvgIpc) is 2.70. The first-order chi connectivity index (χ1) is 13.9. The SMILES string of the molecule is Cc1cc(OCC(=O)N(Cc2c(F)cccc2Cl)c2ccccn2)cc(C)c1Cl. The minimum atomic E-state index is -0.490. The number of hydrogen-bond acceptors (Lipinski definition) is 3. The number of pyridine rings is 1. The topological polar surface area (TPSA) is 42.4 Å². The summed E-state index contributed by atoms with van der Waals surface area (Å²) in [6.07, 6.45) is 1.56. The summed E-state index contributed by atoms with van der Waals surface area (Å²) < 4.78 is 20.0. The van der Waals surface area contributed by atoms with E-state index < -0.39 is 5.82 Å². The number of rotatable bonds is 6. The molecule has 1 aromatic heterocycles. The van der Waals surface area contributed by atoms with Crippen molar-refractivity contribution < 1.29 is 13.9 Å². The van der Waals surface area contributed by atoms with Crippen LogP contribution in [0, 0.1) is 19.7 Å². The maximum absolute atomic E-state index is 14.3. The lowest BCUT2D eigenvalue weighted by Crippen LogP contribution is -2.35. The third-order valence-electron chi connectivity index (χ3n) is 4.38. The number of halogens is 3. The molecular weight excluding hydrogens is 414 g/mol. The van der Waals surface area contributed by atoms with Crippen LogP contribution >= 0.6 is 23.2 Å². The highest BCUT2D eigenvalue weighted by molar-refractivity contribution is 6.32. The van der Waals surface area contributed by atoms with Crippen molar-refractivity contribution in [2.75, 3.05) is 11.5 Å².